The molecule has 0 spiro atoms. The molecule has 2 aromatic carbocycles. The predicted molar refractivity (Wildman–Crippen MR) is 154 cm³/mol. The molecule has 10 nitrogen and oxygen atoms in total. The molecule has 40 heavy (non-hydrogen) atoms. The van der Waals surface area contributed by atoms with Crippen LogP contribution in [0.3, 0.4) is 0 Å². The third-order valence-electron chi connectivity index (χ3n) is 7.65. The van der Waals surface area contributed by atoms with Gasteiger partial charge in [-0.05, 0) is 85.9 Å². The van der Waals surface area contributed by atoms with Crippen molar-refractivity contribution in [3.8, 4) is 22.8 Å². The Balaban J connectivity index is 1.68. The van der Waals surface area contributed by atoms with E-state index in [-0.39, 0.29) is 17.1 Å². The number of allylic oxidation sites excluding steroid dienone is 1. The van der Waals surface area contributed by atoms with Crippen molar-refractivity contribution >= 4 is 38.9 Å². The van der Waals surface area contributed by atoms with E-state index < -0.39 is 11.6 Å². The number of rotatable bonds is 8. The molecule has 0 unspecified atom stereocenters. The average Bonchev–Trinajstić information content (AvgIpc) is 3.64. The van der Waals surface area contributed by atoms with Gasteiger partial charge in [0, 0.05) is 50.9 Å². The van der Waals surface area contributed by atoms with E-state index in [1.807, 2.05) is 12.3 Å². The van der Waals surface area contributed by atoms with Crippen molar-refractivity contribution in [1.82, 2.24) is 15.0 Å². The molecule has 1 aliphatic rings. The van der Waals surface area contributed by atoms with Crippen molar-refractivity contribution in [1.29, 1.82) is 0 Å². The number of phenols is 2. The predicted octanol–water partition coefficient (Wildman–Crippen LogP) is 2.76. The SMILES string of the molecule is NCCc1c[nH]c2c1C(=O)C(=O)C=C2c1c(O)ccc2[nH]c(-c3c(O)ccc4[nH]cc(CCN)c34)c(CCN)c12. The Morgan fingerprint density at radius 3 is 2.05 bits per heavy atom. The molecule has 0 aliphatic heterocycles. The number of hydrogen-bond acceptors (Lipinski definition) is 7. The molecule has 204 valence electrons. The number of aromatic nitrogens is 3. The number of carbonyl (C=O) groups is 2. The Hall–Kier alpha value is -4.64. The Morgan fingerprint density at radius 2 is 1.32 bits per heavy atom. The Kier molecular flexibility index (Phi) is 6.30. The maximum absolute atomic E-state index is 12.9. The minimum Gasteiger partial charge on any atom is -0.507 e. The van der Waals surface area contributed by atoms with Gasteiger partial charge in [-0.1, -0.05) is 0 Å². The maximum Gasteiger partial charge on any atom is 0.235 e. The number of phenolic OH excluding ortho intramolecular Hbond substituents is 2. The minimum atomic E-state index is -0.672. The number of fused-ring (bicyclic) bond motifs is 3. The number of carbonyl (C=O) groups excluding carboxylic acids is 2. The van der Waals surface area contributed by atoms with E-state index in [4.69, 9.17) is 17.2 Å². The number of benzene rings is 2. The number of ketones is 2. The standard InChI is InChI=1S/C30H30N6O4/c31-8-5-14-12-34-18-1-3-21(38)27(23(14)18)29-16(7-10-33)25-19(36-29)2-4-20(37)26(25)17-11-22(39)30(40)24-15(6-9-32)13-35-28(17)24/h1-4,11-13,34-38H,5-10,31-33H2. The zero-order valence-corrected chi connectivity index (χ0v) is 21.7. The second-order valence-corrected chi connectivity index (χ2v) is 9.99. The van der Waals surface area contributed by atoms with Crippen LogP contribution in [0.25, 0.3) is 38.6 Å². The van der Waals surface area contributed by atoms with E-state index in [0.717, 1.165) is 22.0 Å². The summed E-state index contributed by atoms with van der Waals surface area (Å²) in [6.45, 7) is 1.04. The van der Waals surface area contributed by atoms with Crippen LogP contribution in [0.1, 0.15) is 38.3 Å². The summed E-state index contributed by atoms with van der Waals surface area (Å²) in [5.74, 6) is -1.26. The van der Waals surface area contributed by atoms with Gasteiger partial charge in [-0.25, -0.2) is 0 Å². The summed E-state index contributed by atoms with van der Waals surface area (Å²) >= 11 is 0. The van der Waals surface area contributed by atoms with Gasteiger partial charge in [0.05, 0.1) is 17.0 Å². The van der Waals surface area contributed by atoms with Gasteiger partial charge in [0.15, 0.2) is 0 Å². The zero-order valence-electron chi connectivity index (χ0n) is 21.7. The topological polar surface area (TPSA) is 200 Å². The first-order valence-electron chi connectivity index (χ1n) is 13.2. The highest BCUT2D eigenvalue weighted by molar-refractivity contribution is 6.51. The minimum absolute atomic E-state index is 0.0569. The Labute approximate surface area is 228 Å². The summed E-state index contributed by atoms with van der Waals surface area (Å²) in [6.07, 6.45) is 6.29. The van der Waals surface area contributed by atoms with E-state index in [2.05, 4.69) is 15.0 Å². The highest BCUT2D eigenvalue weighted by Gasteiger charge is 2.33. The molecule has 0 amide bonds. The maximum atomic E-state index is 12.9. The van der Waals surface area contributed by atoms with Gasteiger partial charge in [0.25, 0.3) is 0 Å². The fourth-order valence-electron chi connectivity index (χ4n) is 5.99. The number of aromatic amines is 3. The van der Waals surface area contributed by atoms with Crippen LogP contribution in [-0.4, -0.2) is 56.4 Å². The Morgan fingerprint density at radius 1 is 0.675 bits per heavy atom. The highest BCUT2D eigenvalue weighted by Crippen LogP contribution is 2.46. The van der Waals surface area contributed by atoms with Crippen LogP contribution in [0.5, 0.6) is 11.5 Å². The van der Waals surface area contributed by atoms with Crippen molar-refractivity contribution in [2.75, 3.05) is 19.6 Å². The fraction of sp³-hybridized carbons (Fsp3) is 0.200. The summed E-state index contributed by atoms with van der Waals surface area (Å²) in [5, 5.41) is 23.9. The van der Waals surface area contributed by atoms with Gasteiger partial charge in [-0.3, -0.25) is 9.59 Å². The second-order valence-electron chi connectivity index (χ2n) is 9.99. The largest absolute Gasteiger partial charge is 0.507 e. The van der Waals surface area contributed by atoms with Crippen LogP contribution in [0, 0.1) is 0 Å². The average molecular weight is 539 g/mol. The second kappa shape index (κ2) is 9.83. The molecule has 0 saturated carbocycles. The third kappa shape index (κ3) is 3.76. The Bertz CT molecular complexity index is 1860. The van der Waals surface area contributed by atoms with Gasteiger partial charge in [0.2, 0.25) is 11.6 Å². The lowest BCUT2D eigenvalue weighted by atomic mass is 9.85. The molecule has 0 atom stereocenters. The monoisotopic (exact) mass is 538 g/mol. The zero-order chi connectivity index (χ0) is 28.1. The summed E-state index contributed by atoms with van der Waals surface area (Å²) < 4.78 is 0. The molecular weight excluding hydrogens is 508 g/mol. The molecule has 0 radical (unpaired) electrons. The van der Waals surface area contributed by atoms with Gasteiger partial charge in [0.1, 0.15) is 11.5 Å². The molecule has 3 aromatic heterocycles. The molecule has 1 aliphatic carbocycles. The molecular formula is C30H30N6O4. The van der Waals surface area contributed by atoms with Crippen molar-refractivity contribution in [3.05, 3.63) is 76.2 Å². The first-order chi connectivity index (χ1) is 19.4. The molecule has 6 rings (SSSR count). The summed E-state index contributed by atoms with van der Waals surface area (Å²) in [4.78, 5) is 35.7. The first kappa shape index (κ1) is 25.6. The first-order valence-corrected chi connectivity index (χ1v) is 13.2. The van der Waals surface area contributed by atoms with Crippen LogP contribution in [-0.2, 0) is 24.1 Å². The molecule has 10 heteroatoms. The van der Waals surface area contributed by atoms with Crippen LogP contribution in [0.2, 0.25) is 0 Å². The van der Waals surface area contributed by atoms with E-state index in [1.54, 1.807) is 24.4 Å². The lowest BCUT2D eigenvalue weighted by molar-refractivity contribution is -0.111. The van der Waals surface area contributed by atoms with E-state index >= 15 is 0 Å². The number of nitrogens with one attached hydrogen (secondary N) is 3. The number of Topliss-reactive ketones (excluding diaryl/α,β-unsaturated/α-hetero) is 1. The van der Waals surface area contributed by atoms with Crippen molar-refractivity contribution in [3.63, 3.8) is 0 Å². The van der Waals surface area contributed by atoms with E-state index in [0.29, 0.717) is 83.5 Å². The fourth-order valence-corrected chi connectivity index (χ4v) is 5.99. The molecule has 3 heterocycles. The van der Waals surface area contributed by atoms with Crippen molar-refractivity contribution in [2.24, 2.45) is 17.2 Å². The summed E-state index contributed by atoms with van der Waals surface area (Å²) in [6, 6.07) is 6.75. The van der Waals surface area contributed by atoms with Crippen molar-refractivity contribution in [2.45, 2.75) is 19.3 Å². The van der Waals surface area contributed by atoms with Gasteiger partial charge >= 0.3 is 0 Å². The smallest absolute Gasteiger partial charge is 0.235 e. The third-order valence-corrected chi connectivity index (χ3v) is 7.65. The number of aromatic hydroxyl groups is 2. The van der Waals surface area contributed by atoms with E-state index in [9.17, 15) is 19.8 Å². The van der Waals surface area contributed by atoms with Gasteiger partial charge < -0.3 is 42.4 Å². The molecule has 0 saturated heterocycles. The lowest BCUT2D eigenvalue weighted by Crippen LogP contribution is -2.20. The number of hydrogen-bond donors (Lipinski definition) is 8. The molecule has 5 aromatic rings. The highest BCUT2D eigenvalue weighted by atomic mass is 16.3. The summed E-state index contributed by atoms with van der Waals surface area (Å²) in [7, 11) is 0. The normalized spacial score (nSPS) is 13.4. The molecule has 11 N–H and O–H groups in total. The van der Waals surface area contributed by atoms with Crippen LogP contribution < -0.4 is 17.2 Å². The van der Waals surface area contributed by atoms with Gasteiger partial charge in [-0.15, -0.1) is 0 Å². The van der Waals surface area contributed by atoms with Crippen LogP contribution in [0.4, 0.5) is 0 Å². The molecule has 0 bridgehead atoms. The van der Waals surface area contributed by atoms with Crippen LogP contribution in [0.15, 0.2) is 42.7 Å². The van der Waals surface area contributed by atoms with Crippen LogP contribution >= 0.6 is 0 Å². The quantitative estimate of drug-likeness (QED) is 0.139. The number of nitrogens with two attached hydrogens (primary N) is 3. The molecule has 0 fully saturated rings. The van der Waals surface area contributed by atoms with Crippen molar-refractivity contribution < 1.29 is 19.8 Å². The lowest BCUT2D eigenvalue weighted by Gasteiger charge is -2.17. The van der Waals surface area contributed by atoms with Gasteiger partial charge in [-0.2, -0.15) is 0 Å². The number of H-pyrrole nitrogens is 3. The summed E-state index contributed by atoms with van der Waals surface area (Å²) in [5.41, 5.74) is 24.4. The van der Waals surface area contributed by atoms with E-state index in [1.165, 1.54) is 6.08 Å².